The van der Waals surface area contributed by atoms with Crippen LogP contribution in [-0.2, 0) is 0 Å². The number of halogens is 5. The number of aryl methyl sites for hydroxylation is 1. The van der Waals surface area contributed by atoms with Gasteiger partial charge in [0.1, 0.15) is 11.6 Å². The normalized spacial score (nSPS) is 17.1. The molecule has 3 aromatic rings. The summed E-state index contributed by atoms with van der Waals surface area (Å²) in [7, 11) is 0. The lowest BCUT2D eigenvalue weighted by atomic mass is 9.76. The Balaban J connectivity index is 1.37. The predicted molar refractivity (Wildman–Crippen MR) is 142 cm³/mol. The standard InChI is InChI=1S/C32H33F5O3/c1-3-4-5-6-17-39-27-16-15-25(30(36)31(27)37)32(38)40-22-12-14-23(26(33)18-22)20-8-10-21(11-9-20)24-13-7-19(2)28(34)29(24)35/h7,12-16,18,20-21H,3-6,8-11,17H2,1-2H3. The van der Waals surface area contributed by atoms with Crippen molar-refractivity contribution in [2.75, 3.05) is 6.61 Å². The van der Waals surface area contributed by atoms with Crippen LogP contribution in [0.5, 0.6) is 11.5 Å². The Labute approximate surface area is 231 Å². The Hall–Kier alpha value is -3.42. The lowest BCUT2D eigenvalue weighted by Crippen LogP contribution is -2.15. The number of rotatable bonds is 10. The van der Waals surface area contributed by atoms with Gasteiger partial charge in [0.25, 0.3) is 0 Å². The van der Waals surface area contributed by atoms with Gasteiger partial charge in [0, 0.05) is 6.07 Å². The highest BCUT2D eigenvalue weighted by Crippen LogP contribution is 2.42. The smallest absolute Gasteiger partial charge is 0.346 e. The zero-order valence-electron chi connectivity index (χ0n) is 22.7. The minimum absolute atomic E-state index is 0.139. The molecular weight excluding hydrogens is 527 g/mol. The van der Waals surface area contributed by atoms with Crippen molar-refractivity contribution in [3.63, 3.8) is 0 Å². The Morgan fingerprint density at radius 1 is 0.775 bits per heavy atom. The van der Waals surface area contributed by atoms with Crippen LogP contribution in [0.1, 0.15) is 97.2 Å². The summed E-state index contributed by atoms with van der Waals surface area (Å²) in [5.41, 5.74) is 0.397. The van der Waals surface area contributed by atoms with Crippen molar-refractivity contribution < 1.29 is 36.2 Å². The molecule has 1 aliphatic rings. The van der Waals surface area contributed by atoms with E-state index in [2.05, 4.69) is 6.92 Å². The number of unbranched alkanes of at least 4 members (excludes halogenated alkanes) is 3. The summed E-state index contributed by atoms with van der Waals surface area (Å²) < 4.78 is 82.9. The lowest BCUT2D eigenvalue weighted by molar-refractivity contribution is 0.0728. The molecule has 1 fully saturated rings. The molecule has 3 nitrogen and oxygen atoms in total. The first-order valence-corrected chi connectivity index (χ1v) is 13.8. The van der Waals surface area contributed by atoms with E-state index in [1.165, 1.54) is 25.1 Å². The summed E-state index contributed by atoms with van der Waals surface area (Å²) >= 11 is 0. The number of ether oxygens (including phenoxy) is 2. The molecule has 0 unspecified atom stereocenters. The number of esters is 1. The van der Waals surface area contributed by atoms with Crippen molar-refractivity contribution in [3.05, 3.63) is 93.8 Å². The molecule has 8 heteroatoms. The van der Waals surface area contributed by atoms with Gasteiger partial charge < -0.3 is 9.47 Å². The predicted octanol–water partition coefficient (Wildman–Crippen LogP) is 9.31. The van der Waals surface area contributed by atoms with Crippen molar-refractivity contribution in [1.82, 2.24) is 0 Å². The molecule has 0 atom stereocenters. The maximum atomic E-state index is 15.0. The zero-order valence-corrected chi connectivity index (χ0v) is 22.7. The summed E-state index contributed by atoms with van der Waals surface area (Å²) in [6.45, 7) is 3.80. The summed E-state index contributed by atoms with van der Waals surface area (Å²) in [6, 6.07) is 9.38. The van der Waals surface area contributed by atoms with Crippen LogP contribution in [0.25, 0.3) is 0 Å². The molecule has 1 aliphatic carbocycles. The van der Waals surface area contributed by atoms with Gasteiger partial charge in [-0.3, -0.25) is 0 Å². The molecular formula is C32H33F5O3. The van der Waals surface area contributed by atoms with Crippen molar-refractivity contribution in [1.29, 1.82) is 0 Å². The number of hydrogen-bond donors (Lipinski definition) is 0. The third-order valence-electron chi connectivity index (χ3n) is 7.62. The topological polar surface area (TPSA) is 35.5 Å². The van der Waals surface area contributed by atoms with E-state index in [0.717, 1.165) is 31.4 Å². The van der Waals surface area contributed by atoms with E-state index in [9.17, 15) is 22.4 Å². The van der Waals surface area contributed by atoms with Crippen LogP contribution < -0.4 is 9.47 Å². The molecule has 1 saturated carbocycles. The van der Waals surface area contributed by atoms with Gasteiger partial charge in [0.2, 0.25) is 5.82 Å². The van der Waals surface area contributed by atoms with Crippen LogP contribution in [0.3, 0.4) is 0 Å². The van der Waals surface area contributed by atoms with Crippen molar-refractivity contribution in [2.24, 2.45) is 0 Å². The fourth-order valence-corrected chi connectivity index (χ4v) is 5.27. The summed E-state index contributed by atoms with van der Waals surface area (Å²) in [5.74, 6) is -6.81. The first-order valence-electron chi connectivity index (χ1n) is 13.8. The largest absolute Gasteiger partial charge is 0.490 e. The summed E-state index contributed by atoms with van der Waals surface area (Å²) in [6.07, 6.45) is 5.97. The quantitative estimate of drug-likeness (QED) is 0.107. The maximum Gasteiger partial charge on any atom is 0.346 e. The summed E-state index contributed by atoms with van der Waals surface area (Å²) in [4.78, 5) is 12.5. The fraction of sp³-hybridized carbons (Fsp3) is 0.406. The second-order valence-corrected chi connectivity index (χ2v) is 10.4. The molecule has 0 saturated heterocycles. The molecule has 0 aliphatic heterocycles. The highest BCUT2D eigenvalue weighted by molar-refractivity contribution is 5.91. The third kappa shape index (κ3) is 6.65. The van der Waals surface area contributed by atoms with Crippen molar-refractivity contribution in [3.8, 4) is 11.5 Å². The monoisotopic (exact) mass is 560 g/mol. The Bertz CT molecular complexity index is 1350. The van der Waals surface area contributed by atoms with Crippen LogP contribution in [-0.4, -0.2) is 12.6 Å². The van der Waals surface area contributed by atoms with Crippen LogP contribution >= 0.6 is 0 Å². The van der Waals surface area contributed by atoms with Crippen molar-refractivity contribution in [2.45, 2.75) is 77.0 Å². The second kappa shape index (κ2) is 13.3. The van der Waals surface area contributed by atoms with Gasteiger partial charge >= 0.3 is 5.97 Å². The van der Waals surface area contributed by atoms with E-state index in [0.29, 0.717) is 43.2 Å². The molecule has 0 spiro atoms. The van der Waals surface area contributed by atoms with Gasteiger partial charge in [-0.15, -0.1) is 0 Å². The molecule has 0 bridgehead atoms. The van der Waals surface area contributed by atoms with Gasteiger partial charge in [-0.25, -0.2) is 22.4 Å². The molecule has 3 aromatic carbocycles. The fourth-order valence-electron chi connectivity index (χ4n) is 5.27. The molecule has 0 N–H and O–H groups in total. The Morgan fingerprint density at radius 3 is 2.12 bits per heavy atom. The van der Waals surface area contributed by atoms with E-state index in [1.54, 1.807) is 12.1 Å². The minimum Gasteiger partial charge on any atom is -0.490 e. The van der Waals surface area contributed by atoms with Crippen LogP contribution in [0.2, 0.25) is 0 Å². The highest BCUT2D eigenvalue weighted by atomic mass is 19.2. The average molecular weight is 561 g/mol. The number of benzene rings is 3. The molecule has 0 heterocycles. The van der Waals surface area contributed by atoms with Crippen LogP contribution in [0, 0.1) is 36.0 Å². The second-order valence-electron chi connectivity index (χ2n) is 10.4. The molecule has 0 radical (unpaired) electrons. The Kier molecular flexibility index (Phi) is 9.82. The van der Waals surface area contributed by atoms with Gasteiger partial charge in [0.15, 0.2) is 23.2 Å². The van der Waals surface area contributed by atoms with E-state index < -0.39 is 40.6 Å². The average Bonchev–Trinajstić information content (AvgIpc) is 2.94. The SMILES string of the molecule is CCCCCCOc1ccc(C(=O)Oc2ccc(C3CCC(c4ccc(C)c(F)c4F)CC3)c(F)c2)c(F)c1F. The van der Waals surface area contributed by atoms with Crippen LogP contribution in [0.4, 0.5) is 22.0 Å². The first-order chi connectivity index (χ1) is 19.2. The third-order valence-corrected chi connectivity index (χ3v) is 7.62. The highest BCUT2D eigenvalue weighted by Gasteiger charge is 2.28. The number of carbonyl (C=O) groups is 1. The van der Waals surface area contributed by atoms with E-state index in [-0.39, 0.29) is 35.5 Å². The Morgan fingerprint density at radius 2 is 1.45 bits per heavy atom. The van der Waals surface area contributed by atoms with Crippen molar-refractivity contribution >= 4 is 5.97 Å². The van der Waals surface area contributed by atoms with Gasteiger partial charge in [-0.1, -0.05) is 44.4 Å². The molecule has 0 aromatic heterocycles. The van der Waals surface area contributed by atoms with Gasteiger partial charge in [-0.05, 0) is 85.8 Å². The summed E-state index contributed by atoms with van der Waals surface area (Å²) in [5, 5.41) is 0. The molecule has 40 heavy (non-hydrogen) atoms. The lowest BCUT2D eigenvalue weighted by Gasteiger charge is -2.29. The van der Waals surface area contributed by atoms with E-state index in [1.807, 2.05) is 0 Å². The van der Waals surface area contributed by atoms with Gasteiger partial charge in [0.05, 0.1) is 12.2 Å². The van der Waals surface area contributed by atoms with Gasteiger partial charge in [-0.2, -0.15) is 4.39 Å². The molecule has 214 valence electrons. The molecule has 0 amide bonds. The first kappa shape index (κ1) is 29.6. The van der Waals surface area contributed by atoms with E-state index in [4.69, 9.17) is 9.47 Å². The number of carbonyl (C=O) groups excluding carboxylic acids is 1. The minimum atomic E-state index is -1.39. The van der Waals surface area contributed by atoms with Crippen LogP contribution in [0.15, 0.2) is 42.5 Å². The van der Waals surface area contributed by atoms with E-state index >= 15 is 4.39 Å². The maximum absolute atomic E-state index is 15.0. The molecule has 4 rings (SSSR count). The number of hydrogen-bond acceptors (Lipinski definition) is 3. The zero-order chi connectivity index (χ0) is 28.8.